The molecular formula is C44H42FN7O6. The Morgan fingerprint density at radius 2 is 1.69 bits per heavy atom. The van der Waals surface area contributed by atoms with Crippen molar-refractivity contribution in [2.45, 2.75) is 38.8 Å². The maximum Gasteiger partial charge on any atom is 0.329 e. The number of imide groups is 1. The van der Waals surface area contributed by atoms with Crippen molar-refractivity contribution in [2.75, 3.05) is 44.2 Å². The normalized spacial score (nSPS) is 17.9. The molecule has 0 spiro atoms. The van der Waals surface area contributed by atoms with Crippen LogP contribution in [-0.2, 0) is 28.0 Å². The second kappa shape index (κ2) is 14.8. The highest BCUT2D eigenvalue weighted by Crippen LogP contribution is 2.39. The van der Waals surface area contributed by atoms with E-state index in [0.29, 0.717) is 54.7 Å². The van der Waals surface area contributed by atoms with Gasteiger partial charge in [0.2, 0.25) is 23.6 Å². The molecule has 0 radical (unpaired) electrons. The summed E-state index contributed by atoms with van der Waals surface area (Å²) in [7, 11) is 1.70. The van der Waals surface area contributed by atoms with E-state index >= 15 is 4.39 Å². The third-order valence-electron chi connectivity index (χ3n) is 11.7. The third-order valence-corrected chi connectivity index (χ3v) is 11.7. The molecular weight excluding hydrogens is 742 g/mol. The van der Waals surface area contributed by atoms with Gasteiger partial charge in [0, 0.05) is 101 Å². The zero-order chi connectivity index (χ0) is 40.2. The van der Waals surface area contributed by atoms with E-state index < -0.39 is 17.8 Å². The molecule has 3 amide bonds. The largest absolute Gasteiger partial charge is 0.439 e. The van der Waals surface area contributed by atoms with Crippen molar-refractivity contribution in [3.05, 3.63) is 123 Å². The molecule has 14 heteroatoms. The number of halogens is 1. The summed E-state index contributed by atoms with van der Waals surface area (Å²) >= 11 is 0. The van der Waals surface area contributed by atoms with Crippen LogP contribution in [0.3, 0.4) is 0 Å². The number of nitrogens with zero attached hydrogens (tertiary/aromatic N) is 6. The molecule has 2 fully saturated rings. The number of benzene rings is 3. The van der Waals surface area contributed by atoms with Crippen LogP contribution < -0.4 is 21.5 Å². The zero-order valence-corrected chi connectivity index (χ0v) is 32.2. The average Bonchev–Trinajstić information content (AvgIpc) is 3.78. The van der Waals surface area contributed by atoms with Crippen molar-refractivity contribution >= 4 is 51.0 Å². The van der Waals surface area contributed by atoms with Gasteiger partial charge in [-0.1, -0.05) is 30.3 Å². The number of piperazine rings is 1. The Hall–Kier alpha value is -6.54. The van der Waals surface area contributed by atoms with Gasteiger partial charge in [-0.15, -0.1) is 0 Å². The van der Waals surface area contributed by atoms with Gasteiger partial charge < -0.3 is 14.2 Å². The van der Waals surface area contributed by atoms with E-state index in [0.717, 1.165) is 54.1 Å². The number of fused-ring (bicyclic) bond motifs is 2. The predicted molar refractivity (Wildman–Crippen MR) is 218 cm³/mol. The molecule has 6 aromatic rings. The highest BCUT2D eigenvalue weighted by Gasteiger charge is 2.31. The Kier molecular flexibility index (Phi) is 9.43. The summed E-state index contributed by atoms with van der Waals surface area (Å²) in [4.78, 5) is 69.0. The molecule has 1 atom stereocenters. The van der Waals surface area contributed by atoms with E-state index in [1.54, 1.807) is 47.0 Å². The third kappa shape index (κ3) is 6.62. The fourth-order valence-corrected chi connectivity index (χ4v) is 8.55. The van der Waals surface area contributed by atoms with Crippen LogP contribution in [0, 0.1) is 5.82 Å². The minimum Gasteiger partial charge on any atom is -0.439 e. The number of aryl methyl sites for hydroxylation is 1. The number of nitrogens with one attached hydrogen (secondary N) is 1. The molecule has 6 heterocycles. The lowest BCUT2D eigenvalue weighted by Gasteiger charge is -2.36. The van der Waals surface area contributed by atoms with Crippen LogP contribution in [0.5, 0.6) is 0 Å². The Bertz CT molecular complexity index is 2790. The summed E-state index contributed by atoms with van der Waals surface area (Å²) in [5.41, 5.74) is 5.90. The number of carbonyl (C=O) groups excluding carboxylic acids is 3. The summed E-state index contributed by atoms with van der Waals surface area (Å²) < 4.78 is 27.1. The van der Waals surface area contributed by atoms with E-state index in [-0.39, 0.29) is 40.8 Å². The number of pyridine rings is 1. The molecule has 3 aliphatic rings. The van der Waals surface area contributed by atoms with Gasteiger partial charge in [-0.3, -0.25) is 43.1 Å². The van der Waals surface area contributed by atoms with Gasteiger partial charge in [0.1, 0.15) is 17.4 Å². The first-order valence-electron chi connectivity index (χ1n) is 19.5. The number of aromatic nitrogens is 3. The number of hydrogen-bond donors (Lipinski definition) is 1. The number of imidazole rings is 1. The molecule has 1 unspecified atom stereocenters. The van der Waals surface area contributed by atoms with Gasteiger partial charge >= 0.3 is 5.69 Å². The number of anilines is 1. The van der Waals surface area contributed by atoms with E-state index in [1.165, 1.54) is 22.1 Å². The fraction of sp³-hybridized carbons (Fsp3) is 0.295. The Morgan fingerprint density at radius 3 is 2.43 bits per heavy atom. The van der Waals surface area contributed by atoms with Gasteiger partial charge in [-0.25, -0.2) is 9.18 Å². The summed E-state index contributed by atoms with van der Waals surface area (Å²) in [5, 5.41) is 2.61. The van der Waals surface area contributed by atoms with Crippen LogP contribution in [0.2, 0.25) is 0 Å². The molecule has 58 heavy (non-hydrogen) atoms. The van der Waals surface area contributed by atoms with Crippen LogP contribution >= 0.6 is 0 Å². The highest BCUT2D eigenvalue weighted by atomic mass is 19.1. The van der Waals surface area contributed by atoms with Crippen molar-refractivity contribution < 1.29 is 23.2 Å². The van der Waals surface area contributed by atoms with Gasteiger partial charge in [0.15, 0.2) is 0 Å². The van der Waals surface area contributed by atoms with E-state index in [2.05, 4.69) is 27.2 Å². The molecule has 0 bridgehead atoms. The van der Waals surface area contributed by atoms with Crippen LogP contribution in [0.15, 0.2) is 99.1 Å². The predicted octanol–water partition coefficient (Wildman–Crippen LogP) is 4.98. The smallest absolute Gasteiger partial charge is 0.329 e. The molecule has 0 saturated carbocycles. The molecule has 0 aliphatic carbocycles. The summed E-state index contributed by atoms with van der Waals surface area (Å²) in [6.07, 6.45) is 4.68. The standard InChI is InChI=1S/C44H42FN7O6/c1-27(53)50-16-5-6-30(26-50)32-23-33(42-34(41(32)45)24-40(58-42)51-17-4-3-7-39(51)55)29-9-11-31(12-10-29)49-20-18-48(19-21-49)25-28-8-13-35-37(22-28)47(2)44(57)52(35)36-14-15-38(54)46-43(36)56/h3-4,6-13,17,22-24,36H,5,14-16,18-21,25-26H2,1-2H3,(H,46,54,56). The van der Waals surface area contributed by atoms with Gasteiger partial charge in [-0.05, 0) is 65.9 Å². The quantitative estimate of drug-likeness (QED) is 0.224. The van der Waals surface area contributed by atoms with E-state index in [1.807, 2.05) is 36.4 Å². The Labute approximate surface area is 332 Å². The monoisotopic (exact) mass is 783 g/mol. The number of piperidine rings is 1. The molecule has 1 N–H and O–H groups in total. The first kappa shape index (κ1) is 37.1. The molecule has 9 rings (SSSR count). The summed E-state index contributed by atoms with van der Waals surface area (Å²) in [6.45, 7) is 6.33. The maximum atomic E-state index is 16.4. The first-order valence-corrected chi connectivity index (χ1v) is 19.5. The van der Waals surface area contributed by atoms with Crippen LogP contribution in [0.25, 0.3) is 44.6 Å². The van der Waals surface area contributed by atoms with Crippen molar-refractivity contribution in [3.63, 3.8) is 0 Å². The molecule has 13 nitrogen and oxygen atoms in total. The number of furan rings is 1. The molecule has 2 saturated heterocycles. The lowest BCUT2D eigenvalue weighted by Crippen LogP contribution is -2.45. The number of rotatable bonds is 7. The van der Waals surface area contributed by atoms with Crippen LogP contribution in [0.1, 0.15) is 43.4 Å². The minimum atomic E-state index is -0.722. The van der Waals surface area contributed by atoms with Gasteiger partial charge in [-0.2, -0.15) is 0 Å². The molecule has 3 aromatic carbocycles. The second-order valence-corrected chi connectivity index (χ2v) is 15.3. The maximum absolute atomic E-state index is 16.4. The SMILES string of the molecule is CC(=O)N1CCC=C(c2cc(-c3ccc(N4CCN(Cc5ccc6c(c5)n(C)c(=O)n6C5CCC(=O)NC5=O)CC4)cc3)c3oc(-n4ccccc4=O)cc3c2F)C1. The lowest BCUT2D eigenvalue weighted by atomic mass is 9.93. The Morgan fingerprint density at radius 1 is 0.897 bits per heavy atom. The number of amides is 3. The topological polar surface area (TPSA) is 135 Å². The summed E-state index contributed by atoms with van der Waals surface area (Å²) in [5.74, 6) is -1.08. The molecule has 3 aromatic heterocycles. The van der Waals surface area contributed by atoms with Gasteiger partial charge in [0.05, 0.1) is 16.4 Å². The molecule has 296 valence electrons. The highest BCUT2D eigenvalue weighted by molar-refractivity contribution is 6.00. The first-order chi connectivity index (χ1) is 28.0. The number of hydrogen-bond acceptors (Lipinski definition) is 8. The lowest BCUT2D eigenvalue weighted by molar-refractivity contribution is -0.135. The van der Waals surface area contributed by atoms with Crippen molar-refractivity contribution in [2.24, 2.45) is 7.05 Å². The van der Waals surface area contributed by atoms with Crippen molar-refractivity contribution in [3.8, 4) is 17.0 Å². The van der Waals surface area contributed by atoms with Crippen LogP contribution in [-0.4, -0.2) is 80.5 Å². The minimum absolute atomic E-state index is 0.0633. The number of carbonyl (C=O) groups is 3. The zero-order valence-electron chi connectivity index (χ0n) is 32.2. The fourth-order valence-electron chi connectivity index (χ4n) is 8.55. The van der Waals surface area contributed by atoms with Crippen molar-refractivity contribution in [1.82, 2.24) is 28.8 Å². The van der Waals surface area contributed by atoms with E-state index in [9.17, 15) is 24.0 Å². The van der Waals surface area contributed by atoms with E-state index in [4.69, 9.17) is 4.42 Å². The Balaban J connectivity index is 0.943. The molecule has 3 aliphatic heterocycles. The van der Waals surface area contributed by atoms with Gasteiger partial charge in [0.25, 0.3) is 5.56 Å². The van der Waals surface area contributed by atoms with Crippen molar-refractivity contribution in [1.29, 1.82) is 0 Å². The summed E-state index contributed by atoms with van der Waals surface area (Å²) in [6, 6.07) is 21.4. The average molecular weight is 784 g/mol. The second-order valence-electron chi connectivity index (χ2n) is 15.3. The van der Waals surface area contributed by atoms with Crippen LogP contribution in [0.4, 0.5) is 10.1 Å².